The summed E-state index contributed by atoms with van der Waals surface area (Å²) in [5, 5.41) is 1.43. The minimum absolute atomic E-state index is 0.208. The molecule has 0 spiro atoms. The van der Waals surface area contributed by atoms with E-state index in [0.717, 1.165) is 16.6 Å². The first-order chi connectivity index (χ1) is 8.67. The van der Waals surface area contributed by atoms with Crippen LogP contribution in [0.3, 0.4) is 0 Å². The van der Waals surface area contributed by atoms with Gasteiger partial charge in [0, 0.05) is 17.8 Å². The van der Waals surface area contributed by atoms with Crippen LogP contribution in [0.1, 0.15) is 31.7 Å². The maximum Gasteiger partial charge on any atom is 0.313 e. The van der Waals surface area contributed by atoms with Crippen molar-refractivity contribution in [1.82, 2.24) is 9.97 Å². The standard InChI is InChI=1S/C13H15ClN2O2/c1-3-9(13(17)18-4-2)11-7-16-12-10(11)5-8(14)6-15-12/h5-7,9H,3-4H2,1-2H3,(H,15,16). The molecule has 5 heteroatoms. The number of carbonyl (C=O) groups is 1. The van der Waals surface area contributed by atoms with Crippen LogP contribution in [-0.2, 0) is 9.53 Å². The van der Waals surface area contributed by atoms with Crippen LogP contribution in [0.4, 0.5) is 0 Å². The van der Waals surface area contributed by atoms with Crippen LogP contribution in [0.2, 0.25) is 5.02 Å². The van der Waals surface area contributed by atoms with Crippen molar-refractivity contribution < 1.29 is 9.53 Å². The lowest BCUT2D eigenvalue weighted by molar-refractivity contribution is -0.145. The van der Waals surface area contributed by atoms with E-state index in [1.807, 2.05) is 13.0 Å². The van der Waals surface area contributed by atoms with Crippen molar-refractivity contribution in [3.05, 3.63) is 29.0 Å². The third-order valence-corrected chi connectivity index (χ3v) is 3.09. The number of ether oxygens (including phenoxy) is 1. The van der Waals surface area contributed by atoms with E-state index < -0.39 is 0 Å². The predicted molar refractivity (Wildman–Crippen MR) is 70.8 cm³/mol. The largest absolute Gasteiger partial charge is 0.466 e. The molecular weight excluding hydrogens is 252 g/mol. The number of carbonyl (C=O) groups excluding carboxylic acids is 1. The molecule has 1 atom stereocenters. The van der Waals surface area contributed by atoms with Gasteiger partial charge in [0.05, 0.1) is 17.5 Å². The lowest BCUT2D eigenvalue weighted by Crippen LogP contribution is -2.15. The quantitative estimate of drug-likeness (QED) is 0.864. The molecule has 0 saturated heterocycles. The van der Waals surface area contributed by atoms with Crippen LogP contribution < -0.4 is 0 Å². The number of rotatable bonds is 4. The lowest BCUT2D eigenvalue weighted by atomic mass is 9.97. The lowest BCUT2D eigenvalue weighted by Gasteiger charge is -2.12. The summed E-state index contributed by atoms with van der Waals surface area (Å²) in [6, 6.07) is 1.82. The summed E-state index contributed by atoms with van der Waals surface area (Å²) >= 11 is 5.94. The summed E-state index contributed by atoms with van der Waals surface area (Å²) in [4.78, 5) is 19.1. The molecule has 0 radical (unpaired) electrons. The van der Waals surface area contributed by atoms with Crippen LogP contribution in [0.15, 0.2) is 18.5 Å². The van der Waals surface area contributed by atoms with Crippen molar-refractivity contribution in [3.63, 3.8) is 0 Å². The van der Waals surface area contributed by atoms with Crippen LogP contribution in [0.5, 0.6) is 0 Å². The van der Waals surface area contributed by atoms with Crippen LogP contribution in [-0.4, -0.2) is 22.5 Å². The van der Waals surface area contributed by atoms with Gasteiger partial charge in [0.2, 0.25) is 0 Å². The average molecular weight is 267 g/mol. The molecule has 0 aliphatic rings. The van der Waals surface area contributed by atoms with Crippen molar-refractivity contribution in [3.8, 4) is 0 Å². The van der Waals surface area contributed by atoms with E-state index in [-0.39, 0.29) is 11.9 Å². The second-order valence-electron chi connectivity index (χ2n) is 4.01. The third kappa shape index (κ3) is 2.34. The first-order valence-electron chi connectivity index (χ1n) is 5.96. The Balaban J connectivity index is 2.45. The molecule has 0 amide bonds. The van der Waals surface area contributed by atoms with Gasteiger partial charge in [-0.15, -0.1) is 0 Å². The second-order valence-corrected chi connectivity index (χ2v) is 4.44. The molecule has 0 aliphatic heterocycles. The Bertz CT molecular complexity index is 565. The van der Waals surface area contributed by atoms with E-state index in [4.69, 9.17) is 16.3 Å². The molecule has 96 valence electrons. The number of aromatic nitrogens is 2. The van der Waals surface area contributed by atoms with E-state index in [1.54, 1.807) is 19.3 Å². The van der Waals surface area contributed by atoms with Gasteiger partial charge in [-0.2, -0.15) is 0 Å². The fourth-order valence-electron chi connectivity index (χ4n) is 2.04. The van der Waals surface area contributed by atoms with Gasteiger partial charge in [-0.05, 0) is 25.0 Å². The Morgan fingerprint density at radius 3 is 3.00 bits per heavy atom. The Kier molecular flexibility index (Phi) is 3.87. The number of halogens is 1. The van der Waals surface area contributed by atoms with E-state index in [0.29, 0.717) is 18.1 Å². The van der Waals surface area contributed by atoms with Gasteiger partial charge in [-0.25, -0.2) is 4.98 Å². The SMILES string of the molecule is CCOC(=O)C(CC)c1c[nH]c2ncc(Cl)cc12. The Labute approximate surface area is 110 Å². The highest BCUT2D eigenvalue weighted by Gasteiger charge is 2.23. The molecule has 2 heterocycles. The van der Waals surface area contributed by atoms with Crippen LogP contribution in [0.25, 0.3) is 11.0 Å². The monoisotopic (exact) mass is 266 g/mol. The average Bonchev–Trinajstić information content (AvgIpc) is 2.74. The summed E-state index contributed by atoms with van der Waals surface area (Å²) < 4.78 is 5.09. The molecule has 2 rings (SSSR count). The second kappa shape index (κ2) is 5.40. The molecule has 0 bridgehead atoms. The highest BCUT2D eigenvalue weighted by molar-refractivity contribution is 6.31. The van der Waals surface area contributed by atoms with Crippen molar-refractivity contribution in [2.24, 2.45) is 0 Å². The number of aromatic amines is 1. The number of hydrogen-bond acceptors (Lipinski definition) is 3. The smallest absolute Gasteiger partial charge is 0.313 e. The van der Waals surface area contributed by atoms with Crippen LogP contribution in [0, 0.1) is 0 Å². The van der Waals surface area contributed by atoms with Crippen molar-refractivity contribution in [2.75, 3.05) is 6.61 Å². The van der Waals surface area contributed by atoms with Crippen LogP contribution >= 0.6 is 11.6 Å². The highest BCUT2D eigenvalue weighted by Crippen LogP contribution is 2.29. The summed E-state index contributed by atoms with van der Waals surface area (Å²) in [7, 11) is 0. The molecule has 4 nitrogen and oxygen atoms in total. The Hall–Kier alpha value is -1.55. The van der Waals surface area contributed by atoms with Gasteiger partial charge in [0.25, 0.3) is 0 Å². The number of hydrogen-bond donors (Lipinski definition) is 1. The Morgan fingerprint density at radius 2 is 2.33 bits per heavy atom. The minimum atomic E-state index is -0.279. The molecule has 0 saturated carbocycles. The maximum atomic E-state index is 11.9. The molecule has 0 fully saturated rings. The Morgan fingerprint density at radius 1 is 1.56 bits per heavy atom. The first-order valence-corrected chi connectivity index (χ1v) is 6.34. The zero-order valence-corrected chi connectivity index (χ0v) is 11.1. The molecule has 2 aromatic rings. The molecule has 1 N–H and O–H groups in total. The highest BCUT2D eigenvalue weighted by atomic mass is 35.5. The summed E-state index contributed by atoms with van der Waals surface area (Å²) in [6.07, 6.45) is 4.06. The van der Waals surface area contributed by atoms with Gasteiger partial charge in [0.15, 0.2) is 0 Å². The first kappa shape index (κ1) is 12.9. The van der Waals surface area contributed by atoms with Gasteiger partial charge < -0.3 is 9.72 Å². The van der Waals surface area contributed by atoms with Gasteiger partial charge in [-0.1, -0.05) is 18.5 Å². The summed E-state index contributed by atoms with van der Waals surface area (Å²) in [5.41, 5.74) is 1.62. The molecule has 2 aromatic heterocycles. The van der Waals surface area contributed by atoms with E-state index in [2.05, 4.69) is 9.97 Å². The van der Waals surface area contributed by atoms with Gasteiger partial charge >= 0.3 is 5.97 Å². The number of nitrogens with zero attached hydrogens (tertiary/aromatic N) is 1. The number of esters is 1. The predicted octanol–water partition coefficient (Wildman–Crippen LogP) is 3.27. The van der Waals surface area contributed by atoms with E-state index in [9.17, 15) is 4.79 Å². The number of fused-ring (bicyclic) bond motifs is 1. The van der Waals surface area contributed by atoms with E-state index in [1.165, 1.54) is 0 Å². The molecule has 1 unspecified atom stereocenters. The van der Waals surface area contributed by atoms with E-state index >= 15 is 0 Å². The minimum Gasteiger partial charge on any atom is -0.466 e. The van der Waals surface area contributed by atoms with Crippen molar-refractivity contribution in [1.29, 1.82) is 0 Å². The van der Waals surface area contributed by atoms with Crippen molar-refractivity contribution in [2.45, 2.75) is 26.2 Å². The zero-order valence-electron chi connectivity index (χ0n) is 10.4. The normalized spacial score (nSPS) is 12.6. The number of H-pyrrole nitrogens is 1. The molecular formula is C13H15ClN2O2. The zero-order chi connectivity index (χ0) is 13.1. The maximum absolute atomic E-state index is 11.9. The number of nitrogens with one attached hydrogen (secondary N) is 1. The van der Waals surface area contributed by atoms with Gasteiger partial charge in [-0.3, -0.25) is 4.79 Å². The van der Waals surface area contributed by atoms with Gasteiger partial charge in [0.1, 0.15) is 5.65 Å². The number of pyridine rings is 1. The van der Waals surface area contributed by atoms with Crippen molar-refractivity contribution >= 4 is 28.6 Å². The fourth-order valence-corrected chi connectivity index (χ4v) is 2.20. The summed E-state index contributed by atoms with van der Waals surface area (Å²) in [5.74, 6) is -0.486. The third-order valence-electron chi connectivity index (χ3n) is 2.88. The fraction of sp³-hybridized carbons (Fsp3) is 0.385. The topological polar surface area (TPSA) is 55.0 Å². The molecule has 0 aliphatic carbocycles. The summed E-state index contributed by atoms with van der Waals surface area (Å²) in [6.45, 7) is 4.15. The molecule has 0 aromatic carbocycles. The molecule has 18 heavy (non-hydrogen) atoms.